The smallest absolute Gasteiger partial charge is 0.163 e. The molecule has 6 nitrogen and oxygen atoms in total. The fourth-order valence-electron chi connectivity index (χ4n) is 3.85. The van der Waals surface area contributed by atoms with E-state index in [0.717, 1.165) is 12.8 Å². The van der Waals surface area contributed by atoms with Gasteiger partial charge in [0.15, 0.2) is 11.6 Å². The van der Waals surface area contributed by atoms with Crippen molar-refractivity contribution in [2.24, 2.45) is 0 Å². The largest absolute Gasteiger partial charge is 0.387 e. The predicted molar refractivity (Wildman–Crippen MR) is 108 cm³/mol. The summed E-state index contributed by atoms with van der Waals surface area (Å²) in [7, 11) is 0. The number of aliphatic hydroxyl groups is 1. The van der Waals surface area contributed by atoms with E-state index in [1.807, 2.05) is 27.7 Å². The summed E-state index contributed by atoms with van der Waals surface area (Å²) in [5.74, 6) is -1.34. The van der Waals surface area contributed by atoms with Gasteiger partial charge >= 0.3 is 0 Å². The van der Waals surface area contributed by atoms with Crippen LogP contribution < -0.4 is 0 Å². The van der Waals surface area contributed by atoms with E-state index in [0.29, 0.717) is 19.8 Å². The van der Waals surface area contributed by atoms with Gasteiger partial charge in [-0.15, -0.1) is 0 Å². The first-order valence-corrected chi connectivity index (χ1v) is 11.2. The van der Waals surface area contributed by atoms with Crippen LogP contribution in [0.5, 0.6) is 0 Å². The molecule has 1 N–H and O–H groups in total. The molecule has 0 amide bonds. The van der Waals surface area contributed by atoms with E-state index in [1.165, 1.54) is 38.5 Å². The highest BCUT2D eigenvalue weighted by molar-refractivity contribution is 4.90. The minimum Gasteiger partial charge on any atom is -0.387 e. The van der Waals surface area contributed by atoms with Crippen molar-refractivity contribution >= 4 is 0 Å². The van der Waals surface area contributed by atoms with Gasteiger partial charge < -0.3 is 28.8 Å². The summed E-state index contributed by atoms with van der Waals surface area (Å²) in [6, 6.07) is 0. The van der Waals surface area contributed by atoms with Crippen molar-refractivity contribution in [1.82, 2.24) is 0 Å². The van der Waals surface area contributed by atoms with E-state index in [2.05, 4.69) is 6.92 Å². The summed E-state index contributed by atoms with van der Waals surface area (Å²) in [6.07, 6.45) is 7.92. The highest BCUT2D eigenvalue weighted by Gasteiger charge is 2.46. The summed E-state index contributed by atoms with van der Waals surface area (Å²) in [5.41, 5.74) is 0. The Bertz CT molecular complexity index is 439. The third kappa shape index (κ3) is 7.88. The van der Waals surface area contributed by atoms with E-state index < -0.39 is 29.9 Å². The lowest BCUT2D eigenvalue weighted by Crippen LogP contribution is -2.49. The maximum Gasteiger partial charge on any atom is 0.163 e. The average molecular weight is 403 g/mol. The van der Waals surface area contributed by atoms with Crippen LogP contribution in [0, 0.1) is 0 Å². The minimum absolute atomic E-state index is 0.314. The Morgan fingerprint density at radius 1 is 0.821 bits per heavy atom. The molecule has 0 bridgehead atoms. The molecular weight excluding hydrogens is 360 g/mol. The quantitative estimate of drug-likeness (QED) is 0.466. The van der Waals surface area contributed by atoms with Gasteiger partial charge in [-0.1, -0.05) is 51.9 Å². The van der Waals surface area contributed by atoms with Gasteiger partial charge in [-0.05, 0) is 34.1 Å². The van der Waals surface area contributed by atoms with Gasteiger partial charge in [0.05, 0.1) is 13.2 Å². The third-order valence-electron chi connectivity index (χ3n) is 5.45. The van der Waals surface area contributed by atoms with Gasteiger partial charge in [-0.25, -0.2) is 0 Å². The molecule has 2 saturated heterocycles. The maximum absolute atomic E-state index is 10.9. The molecule has 2 fully saturated rings. The SMILES string of the molecule is CCCCCCCCCCO[C@H]([C@@H](O)[C@@H]1COC(C)(C)O1)[C@@H]1COC(C)(C)O1. The van der Waals surface area contributed by atoms with Crippen molar-refractivity contribution in [3.8, 4) is 0 Å². The Morgan fingerprint density at radius 3 is 1.82 bits per heavy atom. The maximum atomic E-state index is 10.9. The Labute approximate surface area is 171 Å². The van der Waals surface area contributed by atoms with Gasteiger partial charge in [-0.2, -0.15) is 0 Å². The lowest BCUT2D eigenvalue weighted by atomic mass is 10.0. The van der Waals surface area contributed by atoms with Crippen LogP contribution in [0.4, 0.5) is 0 Å². The van der Waals surface area contributed by atoms with Crippen LogP contribution in [0.1, 0.15) is 86.0 Å². The van der Waals surface area contributed by atoms with Gasteiger partial charge in [0.2, 0.25) is 0 Å². The highest BCUT2D eigenvalue weighted by Crippen LogP contribution is 2.31. The highest BCUT2D eigenvalue weighted by atomic mass is 16.8. The molecule has 2 heterocycles. The van der Waals surface area contributed by atoms with Crippen molar-refractivity contribution in [2.75, 3.05) is 19.8 Å². The lowest BCUT2D eigenvalue weighted by molar-refractivity contribution is -0.193. The van der Waals surface area contributed by atoms with Crippen LogP contribution in [-0.4, -0.2) is 60.9 Å². The lowest BCUT2D eigenvalue weighted by Gasteiger charge is -2.31. The van der Waals surface area contributed by atoms with Crippen molar-refractivity contribution in [3.63, 3.8) is 0 Å². The molecule has 0 aromatic heterocycles. The van der Waals surface area contributed by atoms with Crippen molar-refractivity contribution in [2.45, 2.75) is 122 Å². The number of ether oxygens (including phenoxy) is 5. The molecule has 2 aliphatic heterocycles. The zero-order valence-electron chi connectivity index (χ0n) is 18.6. The normalized spacial score (nSPS) is 28.5. The van der Waals surface area contributed by atoms with Crippen molar-refractivity contribution in [3.05, 3.63) is 0 Å². The molecule has 0 unspecified atom stereocenters. The average Bonchev–Trinajstić information content (AvgIpc) is 3.17. The van der Waals surface area contributed by atoms with Gasteiger partial charge in [0, 0.05) is 6.61 Å². The summed E-state index contributed by atoms with van der Waals surface area (Å²) < 4.78 is 29.2. The Balaban J connectivity index is 1.77. The fraction of sp³-hybridized carbons (Fsp3) is 1.00. The van der Waals surface area contributed by atoms with Crippen LogP contribution in [-0.2, 0) is 23.7 Å². The van der Waals surface area contributed by atoms with Crippen LogP contribution >= 0.6 is 0 Å². The molecule has 0 aromatic rings. The van der Waals surface area contributed by atoms with E-state index in [1.54, 1.807) is 0 Å². The number of rotatable bonds is 13. The van der Waals surface area contributed by atoms with E-state index >= 15 is 0 Å². The molecule has 0 saturated carbocycles. The number of unbranched alkanes of at least 4 members (excludes halogenated alkanes) is 7. The zero-order valence-corrected chi connectivity index (χ0v) is 18.6. The molecular formula is C22H42O6. The molecule has 166 valence electrons. The Morgan fingerprint density at radius 2 is 1.32 bits per heavy atom. The molecule has 0 radical (unpaired) electrons. The van der Waals surface area contributed by atoms with Gasteiger partial charge in [0.1, 0.15) is 24.4 Å². The third-order valence-corrected chi connectivity index (χ3v) is 5.45. The van der Waals surface area contributed by atoms with E-state index in [-0.39, 0.29) is 6.10 Å². The molecule has 0 aliphatic carbocycles. The molecule has 4 atom stereocenters. The monoisotopic (exact) mass is 402 g/mol. The standard InChI is InChI=1S/C22H42O6/c1-6-7-8-9-10-11-12-13-14-24-20(18-16-26-22(4,5)28-18)19(23)17-15-25-21(2,3)27-17/h17-20,23H,6-16H2,1-5H3/t17-,18-,19-,20-/m0/s1. The Kier molecular flexibility index (Phi) is 9.64. The van der Waals surface area contributed by atoms with E-state index in [9.17, 15) is 5.11 Å². The summed E-state index contributed by atoms with van der Waals surface area (Å²) in [6.45, 7) is 11.1. The first-order valence-electron chi connectivity index (χ1n) is 11.2. The molecule has 6 heteroatoms. The first kappa shape index (κ1) is 24.0. The number of hydrogen-bond acceptors (Lipinski definition) is 6. The van der Waals surface area contributed by atoms with Crippen LogP contribution in [0.25, 0.3) is 0 Å². The minimum atomic E-state index is -0.821. The zero-order chi connectivity index (χ0) is 20.6. The summed E-state index contributed by atoms with van der Waals surface area (Å²) in [5, 5.41) is 10.9. The number of aliphatic hydroxyl groups excluding tert-OH is 1. The fourth-order valence-corrected chi connectivity index (χ4v) is 3.85. The van der Waals surface area contributed by atoms with Crippen molar-refractivity contribution < 1.29 is 28.8 Å². The van der Waals surface area contributed by atoms with Gasteiger partial charge in [0.25, 0.3) is 0 Å². The van der Waals surface area contributed by atoms with Gasteiger partial charge in [-0.3, -0.25) is 0 Å². The Hall–Kier alpha value is -0.240. The van der Waals surface area contributed by atoms with Crippen molar-refractivity contribution in [1.29, 1.82) is 0 Å². The second-order valence-corrected chi connectivity index (χ2v) is 9.04. The predicted octanol–water partition coefficient (Wildman–Crippen LogP) is 4.18. The molecule has 0 aromatic carbocycles. The topological polar surface area (TPSA) is 66.4 Å². The summed E-state index contributed by atoms with van der Waals surface area (Å²) in [4.78, 5) is 0. The molecule has 0 spiro atoms. The molecule has 28 heavy (non-hydrogen) atoms. The van der Waals surface area contributed by atoms with Crippen LogP contribution in [0.2, 0.25) is 0 Å². The van der Waals surface area contributed by atoms with E-state index in [4.69, 9.17) is 23.7 Å². The number of hydrogen-bond donors (Lipinski definition) is 1. The summed E-state index contributed by atoms with van der Waals surface area (Å²) >= 11 is 0. The second kappa shape index (κ2) is 11.2. The van der Waals surface area contributed by atoms with Crippen LogP contribution in [0.15, 0.2) is 0 Å². The molecule has 2 rings (SSSR count). The van der Waals surface area contributed by atoms with Crippen LogP contribution in [0.3, 0.4) is 0 Å². The second-order valence-electron chi connectivity index (χ2n) is 9.04. The molecule has 2 aliphatic rings. The first-order chi connectivity index (χ1) is 13.2.